The predicted molar refractivity (Wildman–Crippen MR) is 59.2 cm³/mol. The molecule has 1 aromatic rings. The van der Waals surface area contributed by atoms with E-state index in [0.29, 0.717) is 12.2 Å². The van der Waals surface area contributed by atoms with Crippen LogP contribution in [0, 0.1) is 0 Å². The Hall–Kier alpha value is -1.55. The SMILES string of the molecule is CCOc1ccc([C@@H](O)CC(=O)OC)cc1. The van der Waals surface area contributed by atoms with Crippen LogP contribution in [-0.4, -0.2) is 24.8 Å². The quantitative estimate of drug-likeness (QED) is 0.773. The Morgan fingerprint density at radius 1 is 1.38 bits per heavy atom. The fraction of sp³-hybridized carbons (Fsp3) is 0.417. The summed E-state index contributed by atoms with van der Waals surface area (Å²) in [6, 6.07) is 7.00. The first kappa shape index (κ1) is 12.5. The number of esters is 1. The second-order valence-corrected chi connectivity index (χ2v) is 3.30. The zero-order valence-corrected chi connectivity index (χ0v) is 9.47. The molecule has 0 aliphatic rings. The summed E-state index contributed by atoms with van der Waals surface area (Å²) >= 11 is 0. The van der Waals surface area contributed by atoms with Gasteiger partial charge in [-0.3, -0.25) is 4.79 Å². The van der Waals surface area contributed by atoms with Gasteiger partial charge in [0.1, 0.15) is 5.75 Å². The fourth-order valence-electron chi connectivity index (χ4n) is 1.31. The Balaban J connectivity index is 2.62. The van der Waals surface area contributed by atoms with Crippen LogP contribution in [0.15, 0.2) is 24.3 Å². The Bertz CT molecular complexity index is 331. The molecule has 0 saturated carbocycles. The van der Waals surface area contributed by atoms with E-state index < -0.39 is 12.1 Å². The van der Waals surface area contributed by atoms with Gasteiger partial charge in [0.2, 0.25) is 0 Å². The zero-order valence-electron chi connectivity index (χ0n) is 9.47. The van der Waals surface area contributed by atoms with Crippen molar-refractivity contribution in [2.45, 2.75) is 19.4 Å². The van der Waals surface area contributed by atoms with Crippen molar-refractivity contribution in [2.24, 2.45) is 0 Å². The van der Waals surface area contributed by atoms with Crippen LogP contribution in [0.4, 0.5) is 0 Å². The van der Waals surface area contributed by atoms with Crippen LogP contribution >= 0.6 is 0 Å². The van der Waals surface area contributed by atoms with Crippen LogP contribution < -0.4 is 4.74 Å². The summed E-state index contributed by atoms with van der Waals surface area (Å²) in [4.78, 5) is 11.0. The van der Waals surface area contributed by atoms with Crippen molar-refractivity contribution in [3.63, 3.8) is 0 Å². The number of benzene rings is 1. The number of methoxy groups -OCH3 is 1. The lowest BCUT2D eigenvalue weighted by Gasteiger charge is -2.10. The van der Waals surface area contributed by atoms with Gasteiger partial charge >= 0.3 is 5.97 Å². The molecular formula is C12H16O4. The standard InChI is InChI=1S/C12H16O4/c1-3-16-10-6-4-9(5-7-10)11(13)8-12(14)15-2/h4-7,11,13H,3,8H2,1-2H3/t11-/m0/s1. The minimum absolute atomic E-state index is 0.0372. The van der Waals surface area contributed by atoms with Gasteiger partial charge in [0.15, 0.2) is 0 Å². The van der Waals surface area contributed by atoms with Gasteiger partial charge in [-0.15, -0.1) is 0 Å². The molecule has 0 aliphatic heterocycles. The minimum Gasteiger partial charge on any atom is -0.494 e. The number of ether oxygens (including phenoxy) is 2. The van der Waals surface area contributed by atoms with E-state index >= 15 is 0 Å². The van der Waals surface area contributed by atoms with Crippen molar-refractivity contribution in [3.05, 3.63) is 29.8 Å². The third-order valence-corrected chi connectivity index (χ3v) is 2.16. The fourth-order valence-corrected chi connectivity index (χ4v) is 1.31. The molecule has 4 nitrogen and oxygen atoms in total. The van der Waals surface area contributed by atoms with Gasteiger partial charge in [0.05, 0.1) is 26.2 Å². The molecule has 0 bridgehead atoms. The molecule has 1 aromatic carbocycles. The third kappa shape index (κ3) is 3.55. The van der Waals surface area contributed by atoms with E-state index in [1.807, 2.05) is 6.92 Å². The van der Waals surface area contributed by atoms with Crippen LogP contribution in [0.3, 0.4) is 0 Å². The van der Waals surface area contributed by atoms with Crippen LogP contribution in [0.5, 0.6) is 5.75 Å². The lowest BCUT2D eigenvalue weighted by Crippen LogP contribution is -2.07. The summed E-state index contributed by atoms with van der Waals surface area (Å²) in [5.74, 6) is 0.318. The normalized spacial score (nSPS) is 11.9. The predicted octanol–water partition coefficient (Wildman–Crippen LogP) is 1.68. The molecule has 4 heteroatoms. The second-order valence-electron chi connectivity index (χ2n) is 3.30. The average Bonchev–Trinajstić information content (AvgIpc) is 2.30. The highest BCUT2D eigenvalue weighted by atomic mass is 16.5. The maximum absolute atomic E-state index is 11.0. The first-order valence-corrected chi connectivity index (χ1v) is 5.15. The maximum atomic E-state index is 11.0. The summed E-state index contributed by atoms with van der Waals surface area (Å²) in [5, 5.41) is 9.70. The number of carbonyl (C=O) groups is 1. The highest BCUT2D eigenvalue weighted by Gasteiger charge is 2.12. The number of aliphatic hydroxyl groups is 1. The maximum Gasteiger partial charge on any atom is 0.308 e. The second kappa shape index (κ2) is 6.12. The summed E-state index contributed by atoms with van der Waals surface area (Å²) in [6.07, 6.45) is -0.868. The average molecular weight is 224 g/mol. The molecule has 1 atom stereocenters. The van der Waals surface area contributed by atoms with Crippen molar-refractivity contribution in [1.29, 1.82) is 0 Å². The zero-order chi connectivity index (χ0) is 12.0. The molecular weight excluding hydrogens is 208 g/mol. The summed E-state index contributed by atoms with van der Waals surface area (Å²) in [6.45, 7) is 2.50. The molecule has 1 N–H and O–H groups in total. The first-order chi connectivity index (χ1) is 7.67. The monoisotopic (exact) mass is 224 g/mol. The lowest BCUT2D eigenvalue weighted by molar-refractivity contribution is -0.142. The molecule has 0 fully saturated rings. The summed E-state index contributed by atoms with van der Waals surface area (Å²) in [5.41, 5.74) is 0.675. The highest BCUT2D eigenvalue weighted by Crippen LogP contribution is 2.20. The van der Waals surface area contributed by atoms with Gasteiger partial charge in [-0.25, -0.2) is 0 Å². The molecule has 0 radical (unpaired) electrons. The smallest absolute Gasteiger partial charge is 0.308 e. The number of rotatable bonds is 5. The Morgan fingerprint density at radius 3 is 2.50 bits per heavy atom. The molecule has 0 heterocycles. The molecule has 1 rings (SSSR count). The van der Waals surface area contributed by atoms with Crippen molar-refractivity contribution >= 4 is 5.97 Å². The topological polar surface area (TPSA) is 55.8 Å². The third-order valence-electron chi connectivity index (χ3n) is 2.16. The number of carbonyl (C=O) groups excluding carboxylic acids is 1. The van der Waals surface area contributed by atoms with Crippen molar-refractivity contribution < 1.29 is 19.4 Å². The highest BCUT2D eigenvalue weighted by molar-refractivity contribution is 5.70. The van der Waals surface area contributed by atoms with E-state index in [1.54, 1.807) is 24.3 Å². The van der Waals surface area contributed by atoms with E-state index in [1.165, 1.54) is 7.11 Å². The van der Waals surface area contributed by atoms with Crippen molar-refractivity contribution in [2.75, 3.05) is 13.7 Å². The van der Waals surface area contributed by atoms with Gasteiger partial charge in [0, 0.05) is 0 Å². The Kier molecular flexibility index (Phi) is 4.79. The van der Waals surface area contributed by atoms with E-state index in [0.717, 1.165) is 5.75 Å². The molecule has 0 spiro atoms. The van der Waals surface area contributed by atoms with Crippen LogP contribution in [0.1, 0.15) is 25.0 Å². The molecule has 0 aliphatic carbocycles. The van der Waals surface area contributed by atoms with Crippen LogP contribution in [-0.2, 0) is 9.53 Å². The molecule has 0 saturated heterocycles. The van der Waals surface area contributed by atoms with E-state index in [9.17, 15) is 9.90 Å². The van der Waals surface area contributed by atoms with Crippen molar-refractivity contribution in [1.82, 2.24) is 0 Å². The van der Waals surface area contributed by atoms with E-state index in [2.05, 4.69) is 4.74 Å². The molecule has 88 valence electrons. The molecule has 0 unspecified atom stereocenters. The van der Waals surface area contributed by atoms with Crippen molar-refractivity contribution in [3.8, 4) is 5.75 Å². The van der Waals surface area contributed by atoms with Gasteiger partial charge in [-0.05, 0) is 24.6 Å². The molecule has 16 heavy (non-hydrogen) atoms. The molecule has 0 aromatic heterocycles. The van der Waals surface area contributed by atoms with Gasteiger partial charge in [0.25, 0.3) is 0 Å². The largest absolute Gasteiger partial charge is 0.494 e. The number of hydrogen-bond donors (Lipinski definition) is 1. The van der Waals surface area contributed by atoms with Crippen LogP contribution in [0.2, 0.25) is 0 Å². The first-order valence-electron chi connectivity index (χ1n) is 5.15. The van der Waals surface area contributed by atoms with E-state index in [-0.39, 0.29) is 6.42 Å². The van der Waals surface area contributed by atoms with Gasteiger partial charge < -0.3 is 14.6 Å². The van der Waals surface area contributed by atoms with E-state index in [4.69, 9.17) is 4.74 Å². The minimum atomic E-state index is -0.830. The van der Waals surface area contributed by atoms with Gasteiger partial charge in [-0.2, -0.15) is 0 Å². The number of hydrogen-bond acceptors (Lipinski definition) is 4. The summed E-state index contributed by atoms with van der Waals surface area (Å²) < 4.78 is 9.75. The lowest BCUT2D eigenvalue weighted by atomic mass is 10.1. The Labute approximate surface area is 94.8 Å². The van der Waals surface area contributed by atoms with Gasteiger partial charge in [-0.1, -0.05) is 12.1 Å². The number of aliphatic hydroxyl groups excluding tert-OH is 1. The van der Waals surface area contributed by atoms with Crippen LogP contribution in [0.25, 0.3) is 0 Å². The molecule has 0 amide bonds. The summed E-state index contributed by atoms with van der Waals surface area (Å²) in [7, 11) is 1.30. The Morgan fingerprint density at radius 2 is 2.00 bits per heavy atom.